The van der Waals surface area contributed by atoms with E-state index in [1.807, 2.05) is 18.2 Å². The lowest BCUT2D eigenvalue weighted by Crippen LogP contribution is -2.08. The molecule has 0 atom stereocenters. The van der Waals surface area contributed by atoms with Gasteiger partial charge in [0.2, 0.25) is 0 Å². The third kappa shape index (κ3) is 2.98. The normalized spacial score (nSPS) is 16.6. The lowest BCUT2D eigenvalue weighted by molar-refractivity contribution is 0.252. The van der Waals surface area contributed by atoms with Crippen molar-refractivity contribution in [2.24, 2.45) is 11.7 Å². The Labute approximate surface area is 105 Å². The maximum atomic E-state index is 5.81. The molecule has 1 aromatic rings. The first-order valence-electron chi connectivity index (χ1n) is 5.91. The minimum atomic E-state index is 0.543. The van der Waals surface area contributed by atoms with E-state index in [1.54, 1.807) is 0 Å². The predicted molar refractivity (Wildman–Crippen MR) is 69.5 cm³/mol. The minimum absolute atomic E-state index is 0.543. The molecule has 0 spiro atoms. The van der Waals surface area contributed by atoms with E-state index in [9.17, 15) is 0 Å². The number of benzene rings is 1. The van der Waals surface area contributed by atoms with Crippen molar-refractivity contribution in [1.82, 2.24) is 0 Å². The molecule has 0 unspecified atom stereocenters. The van der Waals surface area contributed by atoms with Gasteiger partial charge in [-0.05, 0) is 42.5 Å². The second kappa shape index (κ2) is 5.69. The van der Waals surface area contributed by atoms with Crippen molar-refractivity contribution >= 4 is 15.9 Å². The van der Waals surface area contributed by atoms with Gasteiger partial charge in [-0.2, -0.15) is 0 Å². The molecule has 0 bridgehead atoms. The predicted octanol–water partition coefficient (Wildman–Crippen LogP) is 3.48. The van der Waals surface area contributed by atoms with E-state index >= 15 is 0 Å². The van der Waals surface area contributed by atoms with Crippen molar-refractivity contribution < 1.29 is 4.74 Å². The van der Waals surface area contributed by atoms with E-state index in [1.165, 1.54) is 25.7 Å². The highest BCUT2D eigenvalue weighted by molar-refractivity contribution is 9.10. The Morgan fingerprint density at radius 2 is 2.06 bits per heavy atom. The largest absolute Gasteiger partial charge is 0.493 e. The first-order chi connectivity index (χ1) is 7.79. The van der Waals surface area contributed by atoms with Gasteiger partial charge < -0.3 is 10.5 Å². The summed E-state index contributed by atoms with van der Waals surface area (Å²) >= 11 is 3.47. The maximum Gasteiger partial charge on any atom is 0.119 e. The van der Waals surface area contributed by atoms with E-state index in [0.717, 1.165) is 28.3 Å². The van der Waals surface area contributed by atoms with E-state index in [-0.39, 0.29) is 0 Å². The fraction of sp³-hybridized carbons (Fsp3) is 0.538. The molecule has 1 saturated carbocycles. The molecule has 0 heterocycles. The summed E-state index contributed by atoms with van der Waals surface area (Å²) in [6.45, 7) is 1.40. The van der Waals surface area contributed by atoms with Crippen LogP contribution in [-0.2, 0) is 6.54 Å². The molecule has 1 aliphatic carbocycles. The molecular formula is C13H18BrNO. The maximum absolute atomic E-state index is 5.81. The van der Waals surface area contributed by atoms with Crippen LogP contribution in [0.5, 0.6) is 5.75 Å². The van der Waals surface area contributed by atoms with Crippen LogP contribution >= 0.6 is 15.9 Å². The van der Waals surface area contributed by atoms with Crippen LogP contribution in [-0.4, -0.2) is 6.61 Å². The molecule has 0 aliphatic heterocycles. The van der Waals surface area contributed by atoms with Crippen LogP contribution < -0.4 is 10.5 Å². The number of ether oxygens (including phenoxy) is 1. The van der Waals surface area contributed by atoms with Crippen LogP contribution in [0.25, 0.3) is 0 Å². The molecular weight excluding hydrogens is 266 g/mol. The summed E-state index contributed by atoms with van der Waals surface area (Å²) in [4.78, 5) is 0. The quantitative estimate of drug-likeness (QED) is 0.918. The standard InChI is InChI=1S/C13H18BrNO/c14-13-6-5-12(7-11(13)8-15)16-9-10-3-1-2-4-10/h5-7,10H,1-4,8-9,15H2. The fourth-order valence-corrected chi connectivity index (χ4v) is 2.60. The average molecular weight is 284 g/mol. The first-order valence-corrected chi connectivity index (χ1v) is 6.70. The smallest absolute Gasteiger partial charge is 0.119 e. The molecule has 1 fully saturated rings. The molecule has 16 heavy (non-hydrogen) atoms. The second-order valence-electron chi connectivity index (χ2n) is 4.42. The zero-order valence-electron chi connectivity index (χ0n) is 9.42. The highest BCUT2D eigenvalue weighted by atomic mass is 79.9. The molecule has 2 nitrogen and oxygen atoms in total. The zero-order chi connectivity index (χ0) is 11.4. The summed E-state index contributed by atoms with van der Waals surface area (Å²) in [6, 6.07) is 6.03. The van der Waals surface area contributed by atoms with Crippen LogP contribution in [0.4, 0.5) is 0 Å². The van der Waals surface area contributed by atoms with Gasteiger partial charge in [0.25, 0.3) is 0 Å². The molecule has 0 saturated heterocycles. The van der Waals surface area contributed by atoms with E-state index in [0.29, 0.717) is 6.54 Å². The summed E-state index contributed by atoms with van der Waals surface area (Å²) in [5.41, 5.74) is 6.75. The average Bonchev–Trinajstić information content (AvgIpc) is 2.81. The Bertz CT molecular complexity index is 348. The van der Waals surface area contributed by atoms with Gasteiger partial charge in [0.05, 0.1) is 6.61 Å². The van der Waals surface area contributed by atoms with Crippen molar-refractivity contribution in [1.29, 1.82) is 0 Å². The third-order valence-corrected chi connectivity index (χ3v) is 3.97. The molecule has 0 amide bonds. The van der Waals surface area contributed by atoms with Crippen LogP contribution in [0.1, 0.15) is 31.2 Å². The molecule has 1 aromatic carbocycles. The van der Waals surface area contributed by atoms with Crippen molar-refractivity contribution in [3.8, 4) is 5.75 Å². The lowest BCUT2D eigenvalue weighted by Gasteiger charge is -2.12. The van der Waals surface area contributed by atoms with Gasteiger partial charge in [0, 0.05) is 11.0 Å². The SMILES string of the molecule is NCc1cc(OCC2CCCC2)ccc1Br. The molecule has 2 N–H and O–H groups in total. The van der Waals surface area contributed by atoms with Gasteiger partial charge in [-0.1, -0.05) is 28.8 Å². The van der Waals surface area contributed by atoms with E-state index in [4.69, 9.17) is 10.5 Å². The molecule has 3 heteroatoms. The van der Waals surface area contributed by atoms with Gasteiger partial charge in [0.15, 0.2) is 0 Å². The van der Waals surface area contributed by atoms with Gasteiger partial charge >= 0.3 is 0 Å². The topological polar surface area (TPSA) is 35.2 Å². The summed E-state index contributed by atoms with van der Waals surface area (Å²) in [5.74, 6) is 1.69. The molecule has 1 aliphatic rings. The Hall–Kier alpha value is -0.540. The Kier molecular flexibility index (Phi) is 4.24. The Balaban J connectivity index is 1.93. The molecule has 0 aromatic heterocycles. The number of nitrogens with two attached hydrogens (primary N) is 1. The monoisotopic (exact) mass is 283 g/mol. The molecule has 2 rings (SSSR count). The van der Waals surface area contributed by atoms with Crippen molar-refractivity contribution in [3.63, 3.8) is 0 Å². The van der Waals surface area contributed by atoms with Crippen molar-refractivity contribution in [3.05, 3.63) is 28.2 Å². The van der Waals surface area contributed by atoms with Gasteiger partial charge in [0.1, 0.15) is 5.75 Å². The van der Waals surface area contributed by atoms with Crippen LogP contribution in [0.2, 0.25) is 0 Å². The van der Waals surface area contributed by atoms with Crippen LogP contribution in [0.15, 0.2) is 22.7 Å². The molecule has 0 radical (unpaired) electrons. The van der Waals surface area contributed by atoms with Gasteiger partial charge in [-0.25, -0.2) is 0 Å². The zero-order valence-corrected chi connectivity index (χ0v) is 11.0. The van der Waals surface area contributed by atoms with Crippen LogP contribution in [0.3, 0.4) is 0 Å². The van der Waals surface area contributed by atoms with Crippen molar-refractivity contribution in [2.75, 3.05) is 6.61 Å². The Morgan fingerprint density at radius 3 is 2.75 bits per heavy atom. The summed E-state index contributed by atoms with van der Waals surface area (Å²) in [7, 11) is 0. The fourth-order valence-electron chi connectivity index (χ4n) is 2.19. The molecule has 88 valence electrons. The van der Waals surface area contributed by atoms with E-state index in [2.05, 4.69) is 15.9 Å². The van der Waals surface area contributed by atoms with E-state index < -0.39 is 0 Å². The third-order valence-electron chi connectivity index (χ3n) is 3.20. The van der Waals surface area contributed by atoms with Crippen LogP contribution in [0, 0.1) is 5.92 Å². The number of halogens is 1. The second-order valence-corrected chi connectivity index (χ2v) is 5.27. The highest BCUT2D eigenvalue weighted by Gasteiger charge is 2.15. The number of rotatable bonds is 4. The summed E-state index contributed by atoms with van der Waals surface area (Å²) < 4.78 is 6.87. The van der Waals surface area contributed by atoms with Gasteiger partial charge in [-0.3, -0.25) is 0 Å². The first kappa shape index (κ1) is 11.9. The lowest BCUT2D eigenvalue weighted by atomic mass is 10.1. The summed E-state index contributed by atoms with van der Waals surface area (Å²) in [6.07, 6.45) is 5.37. The Morgan fingerprint density at radius 1 is 1.31 bits per heavy atom. The van der Waals surface area contributed by atoms with Crippen molar-refractivity contribution in [2.45, 2.75) is 32.2 Å². The summed E-state index contributed by atoms with van der Waals surface area (Å²) in [5, 5.41) is 0. The highest BCUT2D eigenvalue weighted by Crippen LogP contribution is 2.27. The van der Waals surface area contributed by atoms with Gasteiger partial charge in [-0.15, -0.1) is 0 Å². The minimum Gasteiger partial charge on any atom is -0.493 e. The number of hydrogen-bond acceptors (Lipinski definition) is 2. The number of hydrogen-bond donors (Lipinski definition) is 1.